The van der Waals surface area contributed by atoms with Crippen LogP contribution in [-0.4, -0.2) is 115 Å². The number of nitrogens with one attached hydrogen (secondary N) is 1. The number of amides is 2. The summed E-state index contributed by atoms with van der Waals surface area (Å²) in [4.78, 5) is 38.9. The maximum Gasteiger partial charge on any atom is 0.410 e. The topological polar surface area (TPSA) is 176 Å². The summed E-state index contributed by atoms with van der Waals surface area (Å²) in [7, 11) is 5.39. The van der Waals surface area contributed by atoms with E-state index in [1.54, 1.807) is 43.2 Å². The second-order valence-corrected chi connectivity index (χ2v) is 18.7. The number of hydrogen-bond donors (Lipinski definition) is 1. The Labute approximate surface area is 378 Å². The van der Waals surface area contributed by atoms with E-state index in [0.29, 0.717) is 37.7 Å². The zero-order chi connectivity index (χ0) is 46.0. The molecule has 7 aromatic rings. The highest BCUT2D eigenvalue weighted by molar-refractivity contribution is 5.79. The Bertz CT molecular complexity index is 2780. The average Bonchev–Trinajstić information content (AvgIpc) is 4.10. The summed E-state index contributed by atoms with van der Waals surface area (Å²) >= 11 is 0. The number of benzene rings is 1. The van der Waals surface area contributed by atoms with E-state index >= 15 is 0 Å². The van der Waals surface area contributed by atoms with Crippen LogP contribution in [-0.2, 0) is 23.6 Å². The van der Waals surface area contributed by atoms with Crippen molar-refractivity contribution in [1.29, 1.82) is 0 Å². The molecular formula is C47H59N13O5. The van der Waals surface area contributed by atoms with Crippen molar-refractivity contribution in [1.82, 2.24) is 58.6 Å². The largest absolute Gasteiger partial charge is 0.481 e. The average molecular weight is 886 g/mol. The molecule has 6 aromatic heterocycles. The Morgan fingerprint density at radius 1 is 0.662 bits per heavy atom. The van der Waals surface area contributed by atoms with Gasteiger partial charge in [-0.05, 0) is 79.4 Å². The van der Waals surface area contributed by atoms with Crippen LogP contribution in [0.4, 0.5) is 21.1 Å². The van der Waals surface area contributed by atoms with Crippen molar-refractivity contribution in [2.45, 2.75) is 90.3 Å². The Morgan fingerprint density at radius 2 is 1.15 bits per heavy atom. The van der Waals surface area contributed by atoms with Crippen molar-refractivity contribution >= 4 is 35.0 Å². The summed E-state index contributed by atoms with van der Waals surface area (Å²) in [5.74, 6) is 1.62. The number of fused-ring (bicyclic) bond motifs is 2. The van der Waals surface area contributed by atoms with Gasteiger partial charge in [-0.25, -0.2) is 19.6 Å². The first-order valence-electron chi connectivity index (χ1n) is 22.1. The fraction of sp³-hybridized carbons (Fsp3) is 0.447. The van der Waals surface area contributed by atoms with Gasteiger partial charge in [0.25, 0.3) is 0 Å². The molecule has 0 spiro atoms. The second-order valence-electron chi connectivity index (χ2n) is 18.7. The van der Waals surface area contributed by atoms with Crippen LogP contribution in [0.5, 0.6) is 5.88 Å². The predicted molar refractivity (Wildman–Crippen MR) is 246 cm³/mol. The maximum absolute atomic E-state index is 12.8. The van der Waals surface area contributed by atoms with E-state index in [1.165, 1.54) is 0 Å². The molecule has 2 saturated heterocycles. The minimum Gasteiger partial charge on any atom is -0.481 e. The van der Waals surface area contributed by atoms with E-state index in [-0.39, 0.29) is 24.0 Å². The lowest BCUT2D eigenvalue weighted by molar-refractivity contribution is 0.0187. The number of hydrogen-bond acceptors (Lipinski definition) is 12. The summed E-state index contributed by atoms with van der Waals surface area (Å²) in [5, 5.41) is 21.2. The van der Waals surface area contributed by atoms with E-state index in [4.69, 9.17) is 24.2 Å². The molecule has 18 heteroatoms. The Hall–Kier alpha value is -6.98. The Kier molecular flexibility index (Phi) is 12.5. The van der Waals surface area contributed by atoms with Gasteiger partial charge in [-0.15, -0.1) is 0 Å². The molecule has 2 aliphatic rings. The second kappa shape index (κ2) is 18.3. The van der Waals surface area contributed by atoms with E-state index < -0.39 is 11.2 Å². The van der Waals surface area contributed by atoms with Crippen LogP contribution in [0.1, 0.15) is 90.4 Å². The summed E-state index contributed by atoms with van der Waals surface area (Å²) in [6.45, 7) is 13.8. The highest BCUT2D eigenvalue weighted by Gasteiger charge is 2.32. The molecule has 8 heterocycles. The molecule has 0 bridgehead atoms. The number of carbonyl (C=O) groups excluding carboxylic acids is 2. The fourth-order valence-electron chi connectivity index (χ4n) is 8.21. The lowest BCUT2D eigenvalue weighted by atomic mass is 9.94. The van der Waals surface area contributed by atoms with Crippen molar-refractivity contribution < 1.29 is 23.8 Å². The van der Waals surface area contributed by atoms with E-state index in [0.717, 1.165) is 76.5 Å². The Morgan fingerprint density at radius 3 is 1.63 bits per heavy atom. The SMILES string of the molecule is COc1cc(C2CCCN(C(=O)OC(C)(C)C)C2)nc2c(-c3cnn(C)c3)cnn12.Cn1cc(-c2cnn3c(Nc4ccccc4)cc(C4CCCN(C(=O)OC(C)(C)C)C4)nc23)cn1. The normalized spacial score (nSPS) is 16.9. The van der Waals surface area contributed by atoms with Gasteiger partial charge < -0.3 is 29.3 Å². The monoisotopic (exact) mass is 885 g/mol. The number of aromatic nitrogens is 10. The van der Waals surface area contributed by atoms with Crippen molar-refractivity contribution in [2.24, 2.45) is 14.1 Å². The third-order valence-electron chi connectivity index (χ3n) is 11.2. The number of anilines is 2. The highest BCUT2D eigenvalue weighted by atomic mass is 16.6. The van der Waals surface area contributed by atoms with E-state index in [2.05, 4.69) is 25.7 Å². The molecule has 65 heavy (non-hydrogen) atoms. The number of aryl methyl sites for hydroxylation is 2. The van der Waals surface area contributed by atoms with Gasteiger partial charge in [-0.3, -0.25) is 9.36 Å². The summed E-state index contributed by atoms with van der Waals surface area (Å²) in [5.41, 5.74) is 6.91. The number of carbonyl (C=O) groups is 2. The molecule has 1 N–H and O–H groups in total. The standard InChI is InChI=1S/C26H31N7O2.C21H28N6O3/c1-26(2,3)35-25(34)32-12-8-9-18(17-32)22-13-23(29-20-10-6-5-7-11-20)33-24(30-22)21(15-28-33)19-14-27-31(4)16-19;1-21(2,3)30-20(28)26-8-6-7-14(13-26)17-9-18(29-5)27-19(24-17)16(11-23-27)15-10-22-25(4)12-15/h5-7,10-11,13-16,18,29H,8-9,12,17H2,1-4H3;9-12,14H,6-8,13H2,1-5H3. The minimum atomic E-state index is -0.524. The van der Waals surface area contributed by atoms with Gasteiger partial charge in [0.1, 0.15) is 17.0 Å². The molecule has 18 nitrogen and oxygen atoms in total. The quantitative estimate of drug-likeness (QED) is 0.163. The maximum atomic E-state index is 12.8. The third kappa shape index (κ3) is 10.4. The lowest BCUT2D eigenvalue weighted by Crippen LogP contribution is -2.42. The van der Waals surface area contributed by atoms with Gasteiger partial charge in [-0.2, -0.15) is 29.4 Å². The van der Waals surface area contributed by atoms with E-state index in [1.807, 2.05) is 127 Å². The van der Waals surface area contributed by atoms with Gasteiger partial charge in [0.15, 0.2) is 11.3 Å². The Balaban J connectivity index is 0.000000179. The molecule has 0 radical (unpaired) electrons. The van der Waals surface area contributed by atoms with Gasteiger partial charge in [-0.1, -0.05) is 18.2 Å². The fourth-order valence-corrected chi connectivity index (χ4v) is 8.21. The molecule has 2 atom stereocenters. The number of para-hydroxylation sites is 1. The van der Waals surface area contributed by atoms with Crippen molar-refractivity contribution in [3.63, 3.8) is 0 Å². The predicted octanol–water partition coefficient (Wildman–Crippen LogP) is 8.24. The third-order valence-corrected chi connectivity index (χ3v) is 11.2. The smallest absolute Gasteiger partial charge is 0.410 e. The van der Waals surface area contributed by atoms with Gasteiger partial charge in [0.2, 0.25) is 5.88 Å². The van der Waals surface area contributed by atoms with Gasteiger partial charge in [0, 0.05) is 105 Å². The molecule has 0 aliphatic carbocycles. The van der Waals surface area contributed by atoms with Crippen LogP contribution in [0, 0.1) is 0 Å². The number of methoxy groups -OCH3 is 1. The van der Waals surface area contributed by atoms with Crippen LogP contribution in [0.15, 0.2) is 79.6 Å². The van der Waals surface area contributed by atoms with Gasteiger partial charge in [0.05, 0.1) is 43.3 Å². The zero-order valence-corrected chi connectivity index (χ0v) is 38.7. The van der Waals surface area contributed by atoms with Crippen LogP contribution in [0.3, 0.4) is 0 Å². The molecule has 1 aromatic carbocycles. The molecule has 2 amide bonds. The van der Waals surface area contributed by atoms with Crippen LogP contribution in [0.2, 0.25) is 0 Å². The van der Waals surface area contributed by atoms with Crippen molar-refractivity contribution in [3.05, 3.63) is 91.0 Å². The first-order chi connectivity index (χ1) is 31.0. The van der Waals surface area contributed by atoms with Crippen LogP contribution in [0.25, 0.3) is 33.5 Å². The molecule has 2 aliphatic heterocycles. The molecule has 342 valence electrons. The first kappa shape index (κ1) is 44.6. The van der Waals surface area contributed by atoms with E-state index in [9.17, 15) is 9.59 Å². The molecule has 0 saturated carbocycles. The highest BCUT2D eigenvalue weighted by Crippen LogP contribution is 2.34. The molecule has 2 fully saturated rings. The minimum absolute atomic E-state index is 0.0919. The summed E-state index contributed by atoms with van der Waals surface area (Å²) in [6, 6.07) is 14.0. The van der Waals surface area contributed by atoms with Crippen LogP contribution >= 0.6 is 0 Å². The molecule has 2 unspecified atom stereocenters. The molecule has 9 rings (SSSR count). The zero-order valence-electron chi connectivity index (χ0n) is 38.7. The number of nitrogens with zero attached hydrogens (tertiary/aromatic N) is 12. The van der Waals surface area contributed by atoms with Crippen molar-refractivity contribution in [2.75, 3.05) is 38.6 Å². The number of likely N-dealkylation sites (tertiary alicyclic amines) is 2. The molecular weight excluding hydrogens is 827 g/mol. The number of ether oxygens (including phenoxy) is 3. The summed E-state index contributed by atoms with van der Waals surface area (Å²) < 4.78 is 23.8. The van der Waals surface area contributed by atoms with Crippen LogP contribution < -0.4 is 10.1 Å². The van der Waals surface area contributed by atoms with Gasteiger partial charge >= 0.3 is 12.2 Å². The van der Waals surface area contributed by atoms with Crippen molar-refractivity contribution in [3.8, 4) is 28.1 Å². The lowest BCUT2D eigenvalue weighted by Gasteiger charge is -2.34. The summed E-state index contributed by atoms with van der Waals surface area (Å²) in [6.07, 6.45) is 14.2. The number of rotatable bonds is 7. The number of piperidine rings is 2. The first-order valence-corrected chi connectivity index (χ1v) is 22.1.